The van der Waals surface area contributed by atoms with Crippen molar-refractivity contribution in [3.8, 4) is 5.69 Å². The molecule has 7 heteroatoms. The summed E-state index contributed by atoms with van der Waals surface area (Å²) < 4.78 is 29.1. The van der Waals surface area contributed by atoms with E-state index in [1.54, 1.807) is 23.1 Å². The lowest BCUT2D eigenvalue weighted by Gasteiger charge is -2.34. The van der Waals surface area contributed by atoms with Crippen LogP contribution in [0.15, 0.2) is 78.0 Å². The molecule has 0 radical (unpaired) electrons. The summed E-state index contributed by atoms with van der Waals surface area (Å²) in [7, 11) is -3.54. The average molecular weight is 410 g/mol. The Bertz CT molecular complexity index is 1100. The highest BCUT2D eigenvalue weighted by molar-refractivity contribution is 7.89. The number of nitrogens with zero attached hydrogens (tertiary/aromatic N) is 3. The van der Waals surface area contributed by atoms with Crippen LogP contribution in [0, 0.1) is 6.92 Å². The van der Waals surface area contributed by atoms with Crippen LogP contribution in [0.5, 0.6) is 0 Å². The highest BCUT2D eigenvalue weighted by Crippen LogP contribution is 2.20. The van der Waals surface area contributed by atoms with Gasteiger partial charge in [-0.1, -0.05) is 12.1 Å². The Kier molecular flexibility index (Phi) is 5.25. The molecule has 0 aliphatic carbocycles. The van der Waals surface area contributed by atoms with E-state index < -0.39 is 10.0 Å². The van der Waals surface area contributed by atoms with Crippen molar-refractivity contribution in [3.05, 3.63) is 84.2 Å². The van der Waals surface area contributed by atoms with Gasteiger partial charge in [0.1, 0.15) is 0 Å². The molecule has 0 N–H and O–H groups in total. The molecular formula is C22H23N3O3S. The van der Waals surface area contributed by atoms with Crippen LogP contribution >= 0.6 is 0 Å². The maximum Gasteiger partial charge on any atom is 0.253 e. The van der Waals surface area contributed by atoms with Crippen LogP contribution in [-0.4, -0.2) is 54.3 Å². The van der Waals surface area contributed by atoms with Gasteiger partial charge in [0.05, 0.1) is 4.90 Å². The average Bonchev–Trinajstić information content (AvgIpc) is 3.28. The summed E-state index contributed by atoms with van der Waals surface area (Å²) in [6.07, 6.45) is 3.90. The summed E-state index contributed by atoms with van der Waals surface area (Å²) in [5.74, 6) is -0.0725. The molecule has 2 heterocycles. The minimum atomic E-state index is -3.54. The Balaban J connectivity index is 1.42. The molecular weight excluding hydrogens is 386 g/mol. The topological polar surface area (TPSA) is 62.6 Å². The van der Waals surface area contributed by atoms with Gasteiger partial charge in [0.2, 0.25) is 10.0 Å². The Morgan fingerprint density at radius 3 is 2.14 bits per heavy atom. The lowest BCUT2D eigenvalue weighted by atomic mass is 10.1. The van der Waals surface area contributed by atoms with E-state index in [-0.39, 0.29) is 5.91 Å². The molecule has 2 aromatic carbocycles. The first-order valence-electron chi connectivity index (χ1n) is 9.55. The van der Waals surface area contributed by atoms with Gasteiger partial charge in [-0.25, -0.2) is 8.42 Å². The van der Waals surface area contributed by atoms with Crippen LogP contribution in [-0.2, 0) is 10.0 Å². The third-order valence-corrected chi connectivity index (χ3v) is 7.06. The highest BCUT2D eigenvalue weighted by Gasteiger charge is 2.30. The second kappa shape index (κ2) is 7.85. The van der Waals surface area contributed by atoms with Gasteiger partial charge in [-0.3, -0.25) is 4.79 Å². The molecule has 29 heavy (non-hydrogen) atoms. The van der Waals surface area contributed by atoms with Gasteiger partial charge in [-0.05, 0) is 61.0 Å². The molecule has 1 aliphatic rings. The zero-order valence-electron chi connectivity index (χ0n) is 16.2. The Morgan fingerprint density at radius 1 is 0.862 bits per heavy atom. The number of aryl methyl sites for hydroxylation is 1. The van der Waals surface area contributed by atoms with Gasteiger partial charge in [0.15, 0.2) is 0 Å². The van der Waals surface area contributed by atoms with Crippen LogP contribution in [0.4, 0.5) is 0 Å². The zero-order valence-corrected chi connectivity index (χ0v) is 17.0. The summed E-state index contributed by atoms with van der Waals surface area (Å²) >= 11 is 0. The van der Waals surface area contributed by atoms with E-state index in [9.17, 15) is 13.2 Å². The van der Waals surface area contributed by atoms with Crippen LogP contribution < -0.4 is 0 Å². The van der Waals surface area contributed by atoms with Gasteiger partial charge >= 0.3 is 0 Å². The largest absolute Gasteiger partial charge is 0.336 e. The van der Waals surface area contributed by atoms with E-state index in [2.05, 4.69) is 0 Å². The maximum atomic E-state index is 12.9. The van der Waals surface area contributed by atoms with Crippen molar-refractivity contribution < 1.29 is 13.2 Å². The van der Waals surface area contributed by atoms with Crippen molar-refractivity contribution in [1.29, 1.82) is 0 Å². The Morgan fingerprint density at radius 2 is 1.52 bits per heavy atom. The summed E-state index contributed by atoms with van der Waals surface area (Å²) in [5.41, 5.74) is 2.50. The summed E-state index contributed by atoms with van der Waals surface area (Å²) in [5, 5.41) is 0. The minimum Gasteiger partial charge on any atom is -0.336 e. The Hall–Kier alpha value is -2.90. The Labute approximate surface area is 171 Å². The summed E-state index contributed by atoms with van der Waals surface area (Å²) in [6, 6.07) is 18.3. The number of amides is 1. The number of benzene rings is 2. The normalized spacial score (nSPS) is 15.4. The molecule has 1 fully saturated rings. The molecule has 1 amide bonds. The second-order valence-corrected chi connectivity index (χ2v) is 9.09. The number of rotatable bonds is 4. The monoisotopic (exact) mass is 409 g/mol. The molecule has 6 nitrogen and oxygen atoms in total. The third kappa shape index (κ3) is 3.97. The molecule has 0 spiro atoms. The molecule has 0 unspecified atom stereocenters. The maximum absolute atomic E-state index is 12.9. The van der Waals surface area contributed by atoms with Gasteiger partial charge < -0.3 is 9.47 Å². The number of carbonyl (C=O) groups excluding carboxylic acids is 1. The van der Waals surface area contributed by atoms with Crippen molar-refractivity contribution in [2.45, 2.75) is 11.8 Å². The smallest absolute Gasteiger partial charge is 0.253 e. The summed E-state index contributed by atoms with van der Waals surface area (Å²) in [6.45, 7) is 3.22. The lowest BCUT2D eigenvalue weighted by Crippen LogP contribution is -2.50. The number of sulfonamides is 1. The van der Waals surface area contributed by atoms with E-state index in [4.69, 9.17) is 0 Å². The van der Waals surface area contributed by atoms with E-state index in [1.165, 1.54) is 4.31 Å². The fourth-order valence-corrected chi connectivity index (χ4v) is 5.05. The van der Waals surface area contributed by atoms with Gasteiger partial charge in [0, 0.05) is 49.8 Å². The molecule has 1 aliphatic heterocycles. The zero-order chi connectivity index (χ0) is 20.4. The van der Waals surface area contributed by atoms with Crippen molar-refractivity contribution in [3.63, 3.8) is 0 Å². The van der Waals surface area contributed by atoms with Crippen LogP contribution in [0.2, 0.25) is 0 Å². The van der Waals surface area contributed by atoms with Gasteiger partial charge in [-0.2, -0.15) is 4.31 Å². The van der Waals surface area contributed by atoms with Gasteiger partial charge in [-0.15, -0.1) is 0 Å². The summed E-state index contributed by atoms with van der Waals surface area (Å²) in [4.78, 5) is 14.8. The molecule has 1 aromatic heterocycles. The predicted molar refractivity (Wildman–Crippen MR) is 112 cm³/mol. The fourth-order valence-electron chi connectivity index (χ4n) is 3.52. The van der Waals surface area contributed by atoms with Crippen molar-refractivity contribution >= 4 is 15.9 Å². The number of aromatic nitrogens is 1. The third-order valence-electron chi connectivity index (χ3n) is 5.17. The van der Waals surface area contributed by atoms with E-state index in [0.29, 0.717) is 36.6 Å². The van der Waals surface area contributed by atoms with Crippen molar-refractivity contribution in [2.24, 2.45) is 0 Å². The van der Waals surface area contributed by atoms with Crippen LogP contribution in [0.25, 0.3) is 5.69 Å². The first-order chi connectivity index (χ1) is 13.9. The lowest BCUT2D eigenvalue weighted by molar-refractivity contribution is 0.0698. The molecule has 1 saturated heterocycles. The molecule has 0 atom stereocenters. The molecule has 4 rings (SSSR count). The number of carbonyl (C=O) groups is 1. The van der Waals surface area contributed by atoms with Crippen molar-refractivity contribution in [2.75, 3.05) is 26.2 Å². The minimum absolute atomic E-state index is 0.0725. The predicted octanol–water partition coefficient (Wildman–Crippen LogP) is 2.93. The molecule has 0 saturated carbocycles. The number of hydrogen-bond acceptors (Lipinski definition) is 3. The van der Waals surface area contributed by atoms with E-state index in [0.717, 1.165) is 11.3 Å². The van der Waals surface area contributed by atoms with Crippen LogP contribution in [0.3, 0.4) is 0 Å². The molecule has 0 bridgehead atoms. The SMILES string of the molecule is Cc1cccc(S(=O)(=O)N2CCN(C(=O)c3ccc(-n4cccc4)cc3)CC2)c1. The highest BCUT2D eigenvalue weighted by atomic mass is 32.2. The first kappa shape index (κ1) is 19.4. The number of hydrogen-bond donors (Lipinski definition) is 0. The first-order valence-corrected chi connectivity index (χ1v) is 11.0. The van der Waals surface area contributed by atoms with Crippen molar-refractivity contribution in [1.82, 2.24) is 13.8 Å². The standard InChI is InChI=1S/C22H23N3O3S/c1-18-5-4-6-21(17-18)29(27,28)25-15-13-24(14-16-25)22(26)19-7-9-20(10-8-19)23-11-2-3-12-23/h2-12,17H,13-16H2,1H3. The van der Waals surface area contributed by atoms with E-state index >= 15 is 0 Å². The van der Waals surface area contributed by atoms with Crippen LogP contribution in [0.1, 0.15) is 15.9 Å². The van der Waals surface area contributed by atoms with Gasteiger partial charge in [0.25, 0.3) is 5.91 Å². The molecule has 3 aromatic rings. The quantitative estimate of drug-likeness (QED) is 0.666. The second-order valence-electron chi connectivity index (χ2n) is 7.15. The fraction of sp³-hybridized carbons (Fsp3) is 0.227. The van der Waals surface area contributed by atoms with E-state index in [1.807, 2.05) is 66.3 Å². The number of piperazine rings is 1. The molecule has 150 valence electrons.